The van der Waals surface area contributed by atoms with Crippen molar-refractivity contribution in [1.29, 1.82) is 0 Å². The summed E-state index contributed by atoms with van der Waals surface area (Å²) in [5.41, 5.74) is 7.29. The molecule has 7 heteroatoms. The maximum atomic E-state index is 12.5. The van der Waals surface area contributed by atoms with E-state index in [0.29, 0.717) is 11.0 Å². The van der Waals surface area contributed by atoms with Crippen molar-refractivity contribution in [1.82, 2.24) is 9.62 Å². The first-order valence-corrected chi connectivity index (χ1v) is 9.11. The van der Waals surface area contributed by atoms with Gasteiger partial charge in [-0.3, -0.25) is 0 Å². The van der Waals surface area contributed by atoms with Gasteiger partial charge in [-0.1, -0.05) is 6.07 Å². The van der Waals surface area contributed by atoms with Gasteiger partial charge in [-0.2, -0.15) is 0 Å². The van der Waals surface area contributed by atoms with E-state index < -0.39 is 10.0 Å². The fourth-order valence-corrected chi connectivity index (χ4v) is 4.31. The predicted octanol–water partition coefficient (Wildman–Crippen LogP) is 1.83. The average molecular weight is 378 g/mol. The second-order valence-corrected chi connectivity index (χ2v) is 8.02. The topological polar surface area (TPSA) is 75.4 Å². The highest BCUT2D eigenvalue weighted by molar-refractivity contribution is 9.10. The smallest absolute Gasteiger partial charge is 0.241 e. The summed E-state index contributed by atoms with van der Waals surface area (Å²) in [6, 6.07) is 3.38. The standard InChI is InChI=1S/C14H24BrN3O2S/c1-10-7-12(9-16)8-13(14(10)15)21(19,20)17-11(2)5-6-18(3)4/h7-8,11,17H,5-6,9,16H2,1-4H3. The molecule has 1 rings (SSSR count). The number of nitrogens with one attached hydrogen (secondary N) is 1. The zero-order valence-corrected chi connectivity index (χ0v) is 15.4. The maximum absolute atomic E-state index is 12.5. The van der Waals surface area contributed by atoms with Crippen molar-refractivity contribution >= 4 is 26.0 Å². The van der Waals surface area contributed by atoms with Crippen LogP contribution in [0, 0.1) is 6.92 Å². The van der Waals surface area contributed by atoms with E-state index in [2.05, 4.69) is 20.7 Å². The normalized spacial score (nSPS) is 13.7. The highest BCUT2D eigenvalue weighted by Crippen LogP contribution is 2.27. The Kier molecular flexibility index (Phi) is 6.80. The fraction of sp³-hybridized carbons (Fsp3) is 0.571. The van der Waals surface area contributed by atoms with Crippen LogP contribution < -0.4 is 10.5 Å². The van der Waals surface area contributed by atoms with E-state index in [0.717, 1.165) is 24.1 Å². The van der Waals surface area contributed by atoms with Gasteiger partial charge in [0.25, 0.3) is 0 Å². The van der Waals surface area contributed by atoms with Crippen molar-refractivity contribution in [3.05, 3.63) is 27.7 Å². The molecule has 0 radical (unpaired) electrons. The van der Waals surface area contributed by atoms with E-state index in [1.807, 2.05) is 38.9 Å². The van der Waals surface area contributed by atoms with Gasteiger partial charge in [0.1, 0.15) is 0 Å². The van der Waals surface area contributed by atoms with Crippen molar-refractivity contribution in [2.24, 2.45) is 5.73 Å². The van der Waals surface area contributed by atoms with Crippen LogP contribution in [0.5, 0.6) is 0 Å². The molecule has 0 aliphatic rings. The third-order valence-electron chi connectivity index (χ3n) is 3.17. The quantitative estimate of drug-likeness (QED) is 0.759. The molecule has 0 spiro atoms. The summed E-state index contributed by atoms with van der Waals surface area (Å²) in [5, 5.41) is 0. The summed E-state index contributed by atoms with van der Waals surface area (Å²) in [6.45, 7) is 4.87. The lowest BCUT2D eigenvalue weighted by atomic mass is 10.1. The van der Waals surface area contributed by atoms with E-state index in [1.165, 1.54) is 0 Å². The van der Waals surface area contributed by atoms with Crippen molar-refractivity contribution in [3.8, 4) is 0 Å². The lowest BCUT2D eigenvalue weighted by molar-refractivity contribution is 0.379. The van der Waals surface area contributed by atoms with Gasteiger partial charge in [-0.05, 0) is 74.0 Å². The molecule has 0 saturated heterocycles. The first-order chi connectivity index (χ1) is 9.67. The molecule has 0 bridgehead atoms. The maximum Gasteiger partial charge on any atom is 0.241 e. The van der Waals surface area contributed by atoms with Crippen LogP contribution in [-0.2, 0) is 16.6 Å². The predicted molar refractivity (Wildman–Crippen MR) is 89.7 cm³/mol. The monoisotopic (exact) mass is 377 g/mol. The molecule has 0 fully saturated rings. The molecule has 5 nitrogen and oxygen atoms in total. The summed E-state index contributed by atoms with van der Waals surface area (Å²) in [4.78, 5) is 2.28. The number of aryl methyl sites for hydroxylation is 1. The molecule has 21 heavy (non-hydrogen) atoms. The molecule has 0 amide bonds. The minimum atomic E-state index is -3.56. The fourth-order valence-electron chi connectivity index (χ4n) is 1.96. The van der Waals surface area contributed by atoms with Crippen molar-refractivity contribution < 1.29 is 8.42 Å². The van der Waals surface area contributed by atoms with Crippen molar-refractivity contribution in [2.75, 3.05) is 20.6 Å². The summed E-state index contributed by atoms with van der Waals surface area (Å²) in [6.07, 6.45) is 0.749. The van der Waals surface area contributed by atoms with E-state index in [-0.39, 0.29) is 10.9 Å². The van der Waals surface area contributed by atoms with Gasteiger partial charge < -0.3 is 10.6 Å². The molecule has 1 aromatic carbocycles. The van der Waals surface area contributed by atoms with Crippen molar-refractivity contribution in [2.45, 2.75) is 37.8 Å². The Bertz CT molecular complexity index is 588. The van der Waals surface area contributed by atoms with Crippen LogP contribution in [-0.4, -0.2) is 40.0 Å². The zero-order chi connectivity index (χ0) is 16.2. The molecular formula is C14H24BrN3O2S. The Hall–Kier alpha value is -0.470. The Morgan fingerprint density at radius 3 is 2.52 bits per heavy atom. The third-order valence-corrected chi connectivity index (χ3v) is 6.10. The molecular weight excluding hydrogens is 354 g/mol. The summed E-state index contributed by atoms with van der Waals surface area (Å²) in [7, 11) is 0.364. The second-order valence-electron chi connectivity index (χ2n) is 5.54. The minimum Gasteiger partial charge on any atom is -0.326 e. The van der Waals surface area contributed by atoms with E-state index >= 15 is 0 Å². The van der Waals surface area contributed by atoms with Crippen LogP contribution in [0.15, 0.2) is 21.5 Å². The lowest BCUT2D eigenvalue weighted by Gasteiger charge is -2.18. The first-order valence-electron chi connectivity index (χ1n) is 6.83. The Morgan fingerprint density at radius 2 is 2.00 bits per heavy atom. The van der Waals surface area contributed by atoms with Gasteiger partial charge in [0, 0.05) is 17.1 Å². The van der Waals surface area contributed by atoms with Gasteiger partial charge in [0.15, 0.2) is 0 Å². The summed E-state index contributed by atoms with van der Waals surface area (Å²) in [5.74, 6) is 0. The van der Waals surface area contributed by atoms with Crippen LogP contribution in [0.1, 0.15) is 24.5 Å². The molecule has 0 heterocycles. The second kappa shape index (κ2) is 7.69. The number of benzene rings is 1. The van der Waals surface area contributed by atoms with Gasteiger partial charge in [0.05, 0.1) is 4.90 Å². The van der Waals surface area contributed by atoms with Crippen LogP contribution in [0.3, 0.4) is 0 Å². The number of rotatable bonds is 7. The van der Waals surface area contributed by atoms with Gasteiger partial charge >= 0.3 is 0 Å². The van der Waals surface area contributed by atoms with Crippen LogP contribution in [0.25, 0.3) is 0 Å². The average Bonchev–Trinajstić information content (AvgIpc) is 2.38. The molecule has 1 atom stereocenters. The van der Waals surface area contributed by atoms with Crippen LogP contribution >= 0.6 is 15.9 Å². The summed E-state index contributed by atoms with van der Waals surface area (Å²) >= 11 is 3.36. The molecule has 1 unspecified atom stereocenters. The highest BCUT2D eigenvalue weighted by Gasteiger charge is 2.22. The van der Waals surface area contributed by atoms with E-state index in [1.54, 1.807) is 6.07 Å². The van der Waals surface area contributed by atoms with Gasteiger partial charge in [0.2, 0.25) is 10.0 Å². The number of sulfonamides is 1. The van der Waals surface area contributed by atoms with E-state index in [4.69, 9.17) is 5.73 Å². The molecule has 1 aromatic rings. The number of halogens is 1. The molecule has 3 N–H and O–H groups in total. The van der Waals surface area contributed by atoms with Gasteiger partial charge in [-0.25, -0.2) is 13.1 Å². The Labute approximate surface area is 136 Å². The molecule has 0 aliphatic heterocycles. The largest absolute Gasteiger partial charge is 0.326 e. The zero-order valence-electron chi connectivity index (χ0n) is 13.0. The molecule has 120 valence electrons. The molecule has 0 aliphatic carbocycles. The SMILES string of the molecule is Cc1cc(CN)cc(S(=O)(=O)NC(C)CCN(C)C)c1Br. The Balaban J connectivity index is 3.00. The van der Waals surface area contributed by atoms with Crippen LogP contribution in [0.2, 0.25) is 0 Å². The summed E-state index contributed by atoms with van der Waals surface area (Å²) < 4.78 is 28.4. The lowest BCUT2D eigenvalue weighted by Crippen LogP contribution is -2.35. The minimum absolute atomic E-state index is 0.133. The number of hydrogen-bond acceptors (Lipinski definition) is 4. The molecule has 0 aromatic heterocycles. The number of nitrogens with zero attached hydrogens (tertiary/aromatic N) is 1. The molecule has 0 saturated carbocycles. The Morgan fingerprint density at radius 1 is 1.38 bits per heavy atom. The van der Waals surface area contributed by atoms with Gasteiger partial charge in [-0.15, -0.1) is 0 Å². The number of hydrogen-bond donors (Lipinski definition) is 2. The number of nitrogens with two attached hydrogens (primary N) is 1. The van der Waals surface area contributed by atoms with E-state index in [9.17, 15) is 8.42 Å². The van der Waals surface area contributed by atoms with Crippen molar-refractivity contribution in [3.63, 3.8) is 0 Å². The highest BCUT2D eigenvalue weighted by atomic mass is 79.9. The first kappa shape index (κ1) is 18.6. The van der Waals surface area contributed by atoms with Crippen LogP contribution in [0.4, 0.5) is 0 Å². The third kappa shape index (κ3) is 5.34.